The van der Waals surface area contributed by atoms with Gasteiger partial charge in [-0.3, -0.25) is 4.79 Å². The number of rotatable bonds is 5. The molecule has 0 spiro atoms. The number of hydrogen-bond acceptors (Lipinski definition) is 1. The van der Waals surface area contributed by atoms with Gasteiger partial charge in [0.05, 0.1) is 0 Å². The lowest BCUT2D eigenvalue weighted by Gasteiger charge is -2.14. The maximum absolute atomic E-state index is 12.6. The van der Waals surface area contributed by atoms with E-state index in [4.69, 9.17) is 0 Å². The SMILES string of the molecule is Cc1ccc2c(c1)cc(C(=O)NC(C)CCc1ccccc1)n2C. The minimum Gasteiger partial charge on any atom is -0.348 e. The minimum absolute atomic E-state index is 0.00749. The fourth-order valence-electron chi connectivity index (χ4n) is 3.08. The molecule has 0 aliphatic rings. The molecule has 0 saturated heterocycles. The molecule has 2 aromatic carbocycles. The standard InChI is InChI=1S/C21H24N2O/c1-15-9-12-19-18(13-15)14-20(23(19)3)21(24)22-16(2)10-11-17-7-5-4-6-8-17/h4-9,12-14,16H,10-11H2,1-3H3,(H,22,24). The van der Waals surface area contributed by atoms with E-state index in [0.29, 0.717) is 5.69 Å². The van der Waals surface area contributed by atoms with Crippen LogP contribution >= 0.6 is 0 Å². The van der Waals surface area contributed by atoms with E-state index in [1.165, 1.54) is 11.1 Å². The molecule has 1 N–H and O–H groups in total. The summed E-state index contributed by atoms with van der Waals surface area (Å²) < 4.78 is 1.97. The van der Waals surface area contributed by atoms with Crippen molar-refractivity contribution in [2.75, 3.05) is 0 Å². The monoisotopic (exact) mass is 320 g/mol. The average Bonchev–Trinajstić information content (AvgIpc) is 2.90. The van der Waals surface area contributed by atoms with Crippen molar-refractivity contribution in [3.63, 3.8) is 0 Å². The van der Waals surface area contributed by atoms with Gasteiger partial charge in [-0.15, -0.1) is 0 Å². The van der Waals surface area contributed by atoms with Gasteiger partial charge >= 0.3 is 0 Å². The van der Waals surface area contributed by atoms with Crippen molar-refractivity contribution in [1.29, 1.82) is 0 Å². The number of hydrogen-bond donors (Lipinski definition) is 1. The zero-order valence-corrected chi connectivity index (χ0v) is 14.5. The number of nitrogens with one attached hydrogen (secondary N) is 1. The molecule has 0 radical (unpaired) electrons. The molecule has 3 heteroatoms. The quantitative estimate of drug-likeness (QED) is 0.749. The Morgan fingerprint density at radius 1 is 1.12 bits per heavy atom. The van der Waals surface area contributed by atoms with E-state index in [1.807, 2.05) is 23.7 Å². The van der Waals surface area contributed by atoms with E-state index >= 15 is 0 Å². The molecule has 0 aliphatic carbocycles. The molecule has 1 atom stereocenters. The molecule has 0 fully saturated rings. The number of carbonyl (C=O) groups is 1. The Balaban J connectivity index is 1.67. The van der Waals surface area contributed by atoms with E-state index in [-0.39, 0.29) is 11.9 Å². The number of fused-ring (bicyclic) bond motifs is 1. The first-order valence-electron chi connectivity index (χ1n) is 8.45. The molecule has 124 valence electrons. The number of carbonyl (C=O) groups excluding carboxylic acids is 1. The van der Waals surface area contributed by atoms with Crippen molar-refractivity contribution in [2.24, 2.45) is 7.05 Å². The van der Waals surface area contributed by atoms with Crippen LogP contribution in [0.2, 0.25) is 0 Å². The highest BCUT2D eigenvalue weighted by molar-refractivity contribution is 5.98. The molecule has 0 bridgehead atoms. The van der Waals surface area contributed by atoms with Crippen molar-refractivity contribution in [3.8, 4) is 0 Å². The molecule has 1 heterocycles. The van der Waals surface area contributed by atoms with E-state index in [9.17, 15) is 4.79 Å². The Morgan fingerprint density at radius 3 is 2.62 bits per heavy atom. The highest BCUT2D eigenvalue weighted by Gasteiger charge is 2.15. The van der Waals surface area contributed by atoms with Crippen LogP contribution in [-0.2, 0) is 13.5 Å². The van der Waals surface area contributed by atoms with Gasteiger partial charge in [-0.2, -0.15) is 0 Å². The van der Waals surface area contributed by atoms with Crippen molar-refractivity contribution < 1.29 is 4.79 Å². The third-order valence-corrected chi connectivity index (χ3v) is 4.52. The van der Waals surface area contributed by atoms with Crippen molar-refractivity contribution in [2.45, 2.75) is 32.7 Å². The fraction of sp³-hybridized carbons (Fsp3) is 0.286. The highest BCUT2D eigenvalue weighted by atomic mass is 16.2. The minimum atomic E-state index is -0.00749. The van der Waals surface area contributed by atoms with E-state index in [0.717, 1.165) is 23.7 Å². The van der Waals surface area contributed by atoms with Gasteiger partial charge in [-0.05, 0) is 50.5 Å². The molecule has 3 rings (SSSR count). The average molecular weight is 320 g/mol. The molecule has 0 aliphatic heterocycles. The maximum Gasteiger partial charge on any atom is 0.268 e. The zero-order valence-electron chi connectivity index (χ0n) is 14.5. The molecule has 0 saturated carbocycles. The highest BCUT2D eigenvalue weighted by Crippen LogP contribution is 2.20. The van der Waals surface area contributed by atoms with E-state index in [1.54, 1.807) is 0 Å². The number of aryl methyl sites for hydroxylation is 3. The van der Waals surface area contributed by atoms with Crippen molar-refractivity contribution >= 4 is 16.8 Å². The van der Waals surface area contributed by atoms with Crippen LogP contribution in [0.25, 0.3) is 10.9 Å². The largest absolute Gasteiger partial charge is 0.348 e. The normalized spacial score (nSPS) is 12.3. The topological polar surface area (TPSA) is 34.0 Å². The summed E-state index contributed by atoms with van der Waals surface area (Å²) in [6.45, 7) is 4.13. The summed E-state index contributed by atoms with van der Waals surface area (Å²) >= 11 is 0. The molecule has 24 heavy (non-hydrogen) atoms. The Labute approximate surface area is 143 Å². The van der Waals surface area contributed by atoms with Gasteiger partial charge in [0.15, 0.2) is 0 Å². The summed E-state index contributed by atoms with van der Waals surface area (Å²) in [5.74, 6) is -0.00749. The lowest BCUT2D eigenvalue weighted by molar-refractivity contribution is 0.0930. The number of benzene rings is 2. The predicted octanol–water partition coefficient (Wildman–Crippen LogP) is 4.24. The first-order chi connectivity index (χ1) is 11.5. The third kappa shape index (κ3) is 3.51. The van der Waals surface area contributed by atoms with Gasteiger partial charge in [0.1, 0.15) is 5.69 Å². The first-order valence-corrected chi connectivity index (χ1v) is 8.45. The summed E-state index contributed by atoms with van der Waals surface area (Å²) in [6.07, 6.45) is 1.90. The van der Waals surface area contributed by atoms with E-state index in [2.05, 4.69) is 61.6 Å². The second kappa shape index (κ2) is 6.91. The van der Waals surface area contributed by atoms with Gasteiger partial charge in [-0.25, -0.2) is 0 Å². The summed E-state index contributed by atoms with van der Waals surface area (Å²) in [5.41, 5.74) is 4.31. The smallest absolute Gasteiger partial charge is 0.268 e. The van der Waals surface area contributed by atoms with Gasteiger partial charge < -0.3 is 9.88 Å². The van der Waals surface area contributed by atoms with Crippen LogP contribution in [0.4, 0.5) is 0 Å². The number of nitrogens with zero attached hydrogens (tertiary/aromatic N) is 1. The van der Waals surface area contributed by atoms with Crippen LogP contribution in [0, 0.1) is 6.92 Å². The van der Waals surface area contributed by atoms with E-state index < -0.39 is 0 Å². The van der Waals surface area contributed by atoms with Crippen LogP contribution in [0.15, 0.2) is 54.6 Å². The molecule has 3 aromatic rings. The summed E-state index contributed by atoms with van der Waals surface area (Å²) in [5, 5.41) is 4.23. The van der Waals surface area contributed by atoms with Crippen LogP contribution in [0.3, 0.4) is 0 Å². The Kier molecular flexibility index (Phi) is 4.70. The van der Waals surface area contributed by atoms with Gasteiger partial charge in [0, 0.05) is 24.0 Å². The van der Waals surface area contributed by atoms with Crippen LogP contribution in [0.5, 0.6) is 0 Å². The van der Waals surface area contributed by atoms with Gasteiger partial charge in [-0.1, -0.05) is 42.0 Å². The summed E-state index contributed by atoms with van der Waals surface area (Å²) in [7, 11) is 1.95. The van der Waals surface area contributed by atoms with Crippen molar-refractivity contribution in [3.05, 3.63) is 71.4 Å². The molecule has 1 unspecified atom stereocenters. The zero-order chi connectivity index (χ0) is 17.1. The molecule has 1 aromatic heterocycles. The molecule has 1 amide bonds. The first kappa shape index (κ1) is 16.3. The maximum atomic E-state index is 12.6. The van der Waals surface area contributed by atoms with Gasteiger partial charge in [0.25, 0.3) is 5.91 Å². The van der Waals surface area contributed by atoms with Crippen LogP contribution in [0.1, 0.15) is 35.0 Å². The van der Waals surface area contributed by atoms with Crippen LogP contribution < -0.4 is 5.32 Å². The van der Waals surface area contributed by atoms with Crippen molar-refractivity contribution in [1.82, 2.24) is 9.88 Å². The second-order valence-electron chi connectivity index (χ2n) is 6.55. The summed E-state index contributed by atoms with van der Waals surface area (Å²) in [6, 6.07) is 18.8. The molecule has 3 nitrogen and oxygen atoms in total. The molecular formula is C21H24N2O. The fourth-order valence-corrected chi connectivity index (χ4v) is 3.08. The Bertz CT molecular complexity index is 849. The predicted molar refractivity (Wildman–Crippen MR) is 99.3 cm³/mol. The third-order valence-electron chi connectivity index (χ3n) is 4.52. The summed E-state index contributed by atoms with van der Waals surface area (Å²) in [4.78, 5) is 12.6. The number of amides is 1. The lowest BCUT2D eigenvalue weighted by Crippen LogP contribution is -2.33. The Morgan fingerprint density at radius 2 is 1.88 bits per heavy atom. The number of aromatic nitrogens is 1. The second-order valence-corrected chi connectivity index (χ2v) is 6.55. The van der Waals surface area contributed by atoms with Crippen LogP contribution in [-0.4, -0.2) is 16.5 Å². The lowest BCUT2D eigenvalue weighted by atomic mass is 10.1. The molecular weight excluding hydrogens is 296 g/mol. The Hall–Kier alpha value is -2.55. The van der Waals surface area contributed by atoms with Gasteiger partial charge in [0.2, 0.25) is 0 Å².